The highest BCUT2D eigenvalue weighted by Crippen LogP contribution is 2.61. The largest absolute Gasteiger partial charge is 0.326 e. The van der Waals surface area contributed by atoms with Crippen LogP contribution in [0.1, 0.15) is 62.8 Å². The summed E-state index contributed by atoms with van der Waals surface area (Å²) in [5, 5.41) is 2.59. The zero-order valence-corrected chi connectivity index (χ0v) is 16.3. The van der Waals surface area contributed by atoms with Crippen molar-refractivity contribution in [2.24, 2.45) is 23.2 Å². The molecule has 0 spiro atoms. The van der Waals surface area contributed by atoms with Gasteiger partial charge in [-0.2, -0.15) is 0 Å². The Bertz CT molecular complexity index is 849. The first-order valence-electron chi connectivity index (χ1n) is 10.6. The van der Waals surface area contributed by atoms with Gasteiger partial charge in [-0.05, 0) is 79.4 Å². The van der Waals surface area contributed by atoms with E-state index in [-0.39, 0.29) is 23.7 Å². The third-order valence-corrected chi connectivity index (χ3v) is 7.40. The molecule has 29 heavy (non-hydrogen) atoms. The number of benzene rings is 1. The Hall–Kier alpha value is -2.44. The maximum Gasteiger partial charge on any atom is 0.246 e. The topological polar surface area (TPSA) is 87.3 Å². The molecule has 0 radical (unpaired) electrons. The molecule has 1 aromatic carbocycles. The molecule has 1 aliphatic heterocycles. The summed E-state index contributed by atoms with van der Waals surface area (Å²) < 4.78 is 13.5. The fourth-order valence-electron chi connectivity index (χ4n) is 6.78. The lowest BCUT2D eigenvalue weighted by Gasteiger charge is -2.56. The summed E-state index contributed by atoms with van der Waals surface area (Å²) in [5.74, 6) is 0.103. The van der Waals surface area contributed by atoms with E-state index in [9.17, 15) is 18.8 Å². The first-order chi connectivity index (χ1) is 13.9. The van der Waals surface area contributed by atoms with Gasteiger partial charge in [-0.25, -0.2) is 4.39 Å². The molecule has 4 aliphatic carbocycles. The Kier molecular flexibility index (Phi) is 4.37. The van der Waals surface area contributed by atoms with Crippen LogP contribution in [0.2, 0.25) is 0 Å². The van der Waals surface area contributed by atoms with E-state index in [1.165, 1.54) is 37.5 Å². The first-order valence-corrected chi connectivity index (χ1v) is 10.6. The minimum atomic E-state index is -0.751. The van der Waals surface area contributed by atoms with Crippen molar-refractivity contribution in [3.63, 3.8) is 0 Å². The van der Waals surface area contributed by atoms with Gasteiger partial charge in [0.05, 0.1) is 5.92 Å². The van der Waals surface area contributed by atoms with E-state index in [2.05, 4.69) is 16.2 Å². The van der Waals surface area contributed by atoms with E-state index in [1.54, 1.807) is 0 Å². The summed E-state index contributed by atoms with van der Waals surface area (Å²) in [5.41, 5.74) is 6.02. The van der Waals surface area contributed by atoms with Crippen LogP contribution in [0.15, 0.2) is 18.2 Å². The molecule has 6 nitrogen and oxygen atoms in total. The molecule has 6 rings (SSSR count). The molecule has 3 N–H and O–H groups in total. The van der Waals surface area contributed by atoms with Crippen molar-refractivity contribution in [1.29, 1.82) is 0 Å². The number of carbonyl (C=O) groups excluding carboxylic acids is 3. The second-order valence-corrected chi connectivity index (χ2v) is 9.67. The van der Waals surface area contributed by atoms with Crippen LogP contribution in [-0.4, -0.2) is 17.7 Å². The van der Waals surface area contributed by atoms with Gasteiger partial charge < -0.3 is 5.32 Å². The molecule has 4 fully saturated rings. The molecule has 0 aromatic heterocycles. The lowest BCUT2D eigenvalue weighted by molar-refractivity contribution is -0.135. The van der Waals surface area contributed by atoms with Crippen LogP contribution < -0.4 is 16.2 Å². The van der Waals surface area contributed by atoms with E-state index in [0.717, 1.165) is 37.0 Å². The van der Waals surface area contributed by atoms with Gasteiger partial charge in [-0.3, -0.25) is 25.2 Å². The maximum absolute atomic E-state index is 13.5. The number of amides is 3. The predicted octanol–water partition coefficient (Wildman–Crippen LogP) is 3.01. The van der Waals surface area contributed by atoms with Crippen LogP contribution in [0, 0.1) is 29.0 Å². The van der Waals surface area contributed by atoms with Crippen LogP contribution in [0.3, 0.4) is 0 Å². The highest BCUT2D eigenvalue weighted by Gasteiger charge is 2.51. The number of hydrogen-bond acceptors (Lipinski definition) is 3. The molecule has 1 heterocycles. The van der Waals surface area contributed by atoms with Gasteiger partial charge in [-0.15, -0.1) is 0 Å². The molecule has 0 saturated heterocycles. The second-order valence-electron chi connectivity index (χ2n) is 9.67. The molecule has 5 aliphatic rings. The summed E-state index contributed by atoms with van der Waals surface area (Å²) in [6.07, 6.45) is 7.76. The minimum absolute atomic E-state index is 0.0324. The van der Waals surface area contributed by atoms with Gasteiger partial charge >= 0.3 is 0 Å². The lowest BCUT2D eigenvalue weighted by Crippen LogP contribution is -2.50. The smallest absolute Gasteiger partial charge is 0.246 e. The third kappa shape index (κ3) is 3.51. The molecule has 1 aromatic rings. The van der Waals surface area contributed by atoms with E-state index in [1.807, 2.05) is 0 Å². The fourth-order valence-corrected chi connectivity index (χ4v) is 6.78. The van der Waals surface area contributed by atoms with Crippen molar-refractivity contribution in [2.45, 2.75) is 57.3 Å². The zero-order valence-electron chi connectivity index (χ0n) is 16.3. The lowest BCUT2D eigenvalue weighted by atomic mass is 9.49. The molecule has 1 atom stereocenters. The summed E-state index contributed by atoms with van der Waals surface area (Å²) >= 11 is 0. The molecule has 4 saturated carbocycles. The fraction of sp³-hybridized carbons (Fsp3) is 0.591. The average molecular weight is 399 g/mol. The Morgan fingerprint density at radius 3 is 2.38 bits per heavy atom. The summed E-state index contributed by atoms with van der Waals surface area (Å²) in [6, 6.07) is 3.98. The van der Waals surface area contributed by atoms with E-state index in [4.69, 9.17) is 0 Å². The number of carbonyl (C=O) groups is 3. The van der Waals surface area contributed by atoms with E-state index in [0.29, 0.717) is 17.7 Å². The van der Waals surface area contributed by atoms with Gasteiger partial charge in [0.2, 0.25) is 17.7 Å². The van der Waals surface area contributed by atoms with Crippen LogP contribution in [0.25, 0.3) is 0 Å². The number of fused-ring (bicyclic) bond motifs is 1. The molecule has 4 bridgehead atoms. The summed E-state index contributed by atoms with van der Waals surface area (Å²) in [7, 11) is 0. The number of hydrazine groups is 1. The SMILES string of the molecule is O=C(CC12CC3CC(CC(C3)C1)C2)NNC(=O)[C@H]1CC(=O)Nc2cc(F)ccc21. The van der Waals surface area contributed by atoms with Gasteiger partial charge in [0.25, 0.3) is 0 Å². The van der Waals surface area contributed by atoms with Crippen molar-refractivity contribution in [3.8, 4) is 0 Å². The van der Waals surface area contributed by atoms with Crippen molar-refractivity contribution >= 4 is 23.4 Å². The first kappa shape index (κ1) is 18.6. The van der Waals surface area contributed by atoms with Crippen molar-refractivity contribution in [1.82, 2.24) is 10.9 Å². The van der Waals surface area contributed by atoms with Crippen LogP contribution >= 0.6 is 0 Å². The number of hydrogen-bond donors (Lipinski definition) is 3. The number of anilines is 1. The van der Waals surface area contributed by atoms with Gasteiger partial charge in [-0.1, -0.05) is 6.07 Å². The van der Waals surface area contributed by atoms with Gasteiger partial charge in [0.15, 0.2) is 0 Å². The standard InChI is InChI=1S/C22H26FN3O3/c23-15-1-2-16-17(7-19(27)24-18(16)6-15)21(29)26-25-20(28)11-22-8-12-3-13(9-22)5-14(4-12)10-22/h1-2,6,12-14,17H,3-5,7-11H2,(H,24,27)(H,25,28)(H,26,29)/t12?,13?,14?,17-,22?/m0/s1. The highest BCUT2D eigenvalue weighted by atomic mass is 19.1. The quantitative estimate of drug-likeness (QED) is 0.683. The molecule has 154 valence electrons. The molecule has 0 unspecified atom stereocenters. The molecular formula is C22H26FN3O3. The molecule has 7 heteroatoms. The van der Waals surface area contributed by atoms with Crippen LogP contribution in [0.4, 0.5) is 10.1 Å². The van der Waals surface area contributed by atoms with E-state index < -0.39 is 17.6 Å². The van der Waals surface area contributed by atoms with Gasteiger partial charge in [0.1, 0.15) is 5.82 Å². The van der Waals surface area contributed by atoms with Crippen LogP contribution in [0.5, 0.6) is 0 Å². The number of nitrogens with one attached hydrogen (secondary N) is 3. The Morgan fingerprint density at radius 1 is 1.07 bits per heavy atom. The minimum Gasteiger partial charge on any atom is -0.326 e. The maximum atomic E-state index is 13.5. The highest BCUT2D eigenvalue weighted by molar-refractivity contribution is 6.01. The number of halogens is 1. The van der Waals surface area contributed by atoms with Crippen molar-refractivity contribution in [2.75, 3.05) is 5.32 Å². The van der Waals surface area contributed by atoms with Gasteiger partial charge in [0, 0.05) is 18.5 Å². The number of rotatable bonds is 3. The Balaban J connectivity index is 1.21. The predicted molar refractivity (Wildman–Crippen MR) is 104 cm³/mol. The molecule has 3 amide bonds. The van der Waals surface area contributed by atoms with E-state index >= 15 is 0 Å². The third-order valence-electron chi connectivity index (χ3n) is 7.40. The van der Waals surface area contributed by atoms with Crippen molar-refractivity contribution < 1.29 is 18.8 Å². The zero-order chi connectivity index (χ0) is 20.2. The monoisotopic (exact) mass is 399 g/mol. The van der Waals surface area contributed by atoms with Crippen LogP contribution in [-0.2, 0) is 14.4 Å². The van der Waals surface area contributed by atoms with Crippen molar-refractivity contribution in [3.05, 3.63) is 29.6 Å². The Labute approximate surface area is 169 Å². The second kappa shape index (κ2) is 6.82. The normalized spacial score (nSPS) is 34.3. The summed E-state index contributed by atoms with van der Waals surface area (Å²) in [6.45, 7) is 0. The molecular weight excluding hydrogens is 373 g/mol. The summed E-state index contributed by atoms with van der Waals surface area (Å²) in [4.78, 5) is 37.2. The average Bonchev–Trinajstić information content (AvgIpc) is 2.63. The Morgan fingerprint density at radius 2 is 1.72 bits per heavy atom.